The monoisotopic (exact) mass is 532 g/mol. The molecule has 0 saturated heterocycles. The van der Waals surface area contributed by atoms with Crippen LogP contribution in [0.4, 0.5) is 0 Å². The van der Waals surface area contributed by atoms with Crippen LogP contribution in [-0.4, -0.2) is 19.4 Å². The van der Waals surface area contributed by atoms with Crippen molar-refractivity contribution in [1.29, 1.82) is 0 Å². The van der Waals surface area contributed by atoms with Gasteiger partial charge < -0.3 is 0 Å². The molecular weight excluding hydrogens is 496 g/mol. The van der Waals surface area contributed by atoms with Crippen LogP contribution in [0.5, 0.6) is 0 Å². The molecule has 0 aromatic heterocycles. The van der Waals surface area contributed by atoms with Crippen LogP contribution in [0.25, 0.3) is 0 Å². The first-order valence-corrected chi connectivity index (χ1v) is 20.4. The number of hydrogen-bond donors (Lipinski definition) is 0. The van der Waals surface area contributed by atoms with Gasteiger partial charge in [0.2, 0.25) is 0 Å². The molecule has 0 atom stereocenters. The van der Waals surface area contributed by atoms with Crippen LogP contribution < -0.4 is 0 Å². The minimum atomic E-state index is -1.86. The van der Waals surface area contributed by atoms with Crippen LogP contribution in [0, 0.1) is 0 Å². The van der Waals surface area contributed by atoms with Gasteiger partial charge in [0.15, 0.2) is 0 Å². The molecule has 0 aliphatic rings. The van der Waals surface area contributed by atoms with Crippen molar-refractivity contribution in [3.8, 4) is 0 Å². The summed E-state index contributed by atoms with van der Waals surface area (Å²) in [6.07, 6.45) is 22.8. The quantitative estimate of drug-likeness (QED) is 0.131. The molecule has 0 unspecified atom stereocenters. The van der Waals surface area contributed by atoms with E-state index in [2.05, 4.69) is 6.92 Å². The minimum absolute atomic E-state index is 1.16. The molecule has 0 aromatic rings. The van der Waals surface area contributed by atoms with Gasteiger partial charge in [0.1, 0.15) is 0 Å². The van der Waals surface area contributed by atoms with Crippen molar-refractivity contribution in [3.63, 3.8) is 0 Å². The molecule has 0 fully saturated rings. The molecule has 0 nitrogen and oxygen atoms in total. The Hall–Kier alpha value is 1.46. The molecule has 0 N–H and O–H groups in total. The van der Waals surface area contributed by atoms with Gasteiger partial charge in [-0.3, -0.25) is 0 Å². The van der Waals surface area contributed by atoms with E-state index < -0.39 is 19.4 Å². The van der Waals surface area contributed by atoms with E-state index in [-0.39, 0.29) is 0 Å². The van der Waals surface area contributed by atoms with Gasteiger partial charge in [-0.1, -0.05) is 39.0 Å². The third-order valence-electron chi connectivity index (χ3n) is 4.18. The summed E-state index contributed by atoms with van der Waals surface area (Å²) < 4.78 is 1.16. The van der Waals surface area contributed by atoms with Gasteiger partial charge in [0, 0.05) is 0 Å². The van der Waals surface area contributed by atoms with Gasteiger partial charge in [-0.15, -0.1) is 0 Å². The fourth-order valence-corrected chi connectivity index (χ4v) is 6.68. The first kappa shape index (κ1) is 22.5. The summed E-state index contributed by atoms with van der Waals surface area (Å²) in [6, 6.07) is 0. The van der Waals surface area contributed by atoms with Crippen LogP contribution in [0.15, 0.2) is 0 Å². The van der Waals surface area contributed by atoms with Crippen molar-refractivity contribution < 1.29 is 0 Å². The Bertz CT molecular complexity index is 186. The number of unbranched alkanes of at least 4 members (excludes halogenated alkanes) is 15. The summed E-state index contributed by atoms with van der Waals surface area (Å²) in [7, 11) is 11.8. The van der Waals surface area contributed by atoms with Gasteiger partial charge in [-0.05, 0) is 0 Å². The van der Waals surface area contributed by atoms with Crippen LogP contribution >= 0.6 is 17.0 Å². The van der Waals surface area contributed by atoms with Gasteiger partial charge in [-0.25, -0.2) is 0 Å². The van der Waals surface area contributed by atoms with E-state index in [0.717, 1.165) is 4.13 Å². The second-order valence-corrected chi connectivity index (χ2v) is 19.1. The van der Waals surface area contributed by atoms with Crippen molar-refractivity contribution >= 4 is 36.4 Å². The molecular formula is C18H37BiCl2. The molecule has 128 valence electrons. The molecule has 0 aliphatic carbocycles. The van der Waals surface area contributed by atoms with Crippen molar-refractivity contribution in [2.24, 2.45) is 0 Å². The summed E-state index contributed by atoms with van der Waals surface area (Å²) in [4.78, 5) is 0. The van der Waals surface area contributed by atoms with Crippen LogP contribution in [0.1, 0.15) is 110 Å². The molecule has 0 amide bonds. The van der Waals surface area contributed by atoms with Crippen molar-refractivity contribution in [3.05, 3.63) is 0 Å². The first-order valence-electron chi connectivity index (χ1n) is 9.36. The molecule has 3 heteroatoms. The Kier molecular flexibility index (Phi) is 20.9. The fraction of sp³-hybridized carbons (Fsp3) is 1.00. The third-order valence-corrected chi connectivity index (χ3v) is 9.69. The van der Waals surface area contributed by atoms with E-state index in [1.165, 1.54) is 103 Å². The Morgan fingerprint density at radius 3 is 1.05 bits per heavy atom. The summed E-state index contributed by atoms with van der Waals surface area (Å²) in [5.41, 5.74) is 0. The molecule has 0 radical (unpaired) electrons. The van der Waals surface area contributed by atoms with E-state index in [1.807, 2.05) is 0 Å². The fourth-order valence-electron chi connectivity index (χ4n) is 2.78. The summed E-state index contributed by atoms with van der Waals surface area (Å²) in [5.74, 6) is 0. The normalized spacial score (nSPS) is 11.4. The zero-order valence-electron chi connectivity index (χ0n) is 14.2. The Morgan fingerprint density at radius 1 is 0.476 bits per heavy atom. The van der Waals surface area contributed by atoms with E-state index in [1.54, 1.807) is 0 Å². The molecule has 0 aliphatic heterocycles. The standard InChI is InChI=1S/C18H37.Bi.2ClH/c1-3-5-7-9-11-13-15-17-18-16-14-12-10-8-6-4-2;;;/h1,3-18H2,2H3;;2*1H/q;+2;;/p-2. The van der Waals surface area contributed by atoms with Gasteiger partial charge in [-0.2, -0.15) is 0 Å². The Balaban J connectivity index is 2.93. The maximum absolute atomic E-state index is 5.91. The number of halogens is 2. The molecule has 0 heterocycles. The van der Waals surface area contributed by atoms with Crippen molar-refractivity contribution in [1.82, 2.24) is 0 Å². The van der Waals surface area contributed by atoms with E-state index in [0.29, 0.717) is 0 Å². The SMILES string of the molecule is CCCCCCCCCCCCCCCCC[CH2][Bi]([Cl])[Cl]. The summed E-state index contributed by atoms with van der Waals surface area (Å²) in [5, 5.41) is 0. The number of hydrogen-bond acceptors (Lipinski definition) is 0. The first-order chi connectivity index (χ1) is 10.3. The van der Waals surface area contributed by atoms with E-state index in [9.17, 15) is 0 Å². The molecule has 0 bridgehead atoms. The Morgan fingerprint density at radius 2 is 0.762 bits per heavy atom. The zero-order chi connectivity index (χ0) is 15.6. The maximum atomic E-state index is 5.91. The molecule has 0 aromatic carbocycles. The van der Waals surface area contributed by atoms with Gasteiger partial charge in [0.25, 0.3) is 0 Å². The molecule has 21 heavy (non-hydrogen) atoms. The van der Waals surface area contributed by atoms with Crippen molar-refractivity contribution in [2.45, 2.75) is 114 Å². The summed E-state index contributed by atoms with van der Waals surface area (Å²) in [6.45, 7) is 2.29. The van der Waals surface area contributed by atoms with Crippen LogP contribution in [0.2, 0.25) is 4.13 Å². The average Bonchev–Trinajstić information content (AvgIpc) is 2.46. The number of rotatable bonds is 17. The second kappa shape index (κ2) is 19.5. The van der Waals surface area contributed by atoms with E-state index in [4.69, 9.17) is 17.0 Å². The average molecular weight is 533 g/mol. The molecule has 0 saturated carbocycles. The molecule has 0 rings (SSSR count). The zero-order valence-corrected chi connectivity index (χ0v) is 19.2. The molecule has 0 spiro atoms. The van der Waals surface area contributed by atoms with Gasteiger partial charge in [0.05, 0.1) is 0 Å². The Labute approximate surface area is 149 Å². The second-order valence-electron chi connectivity index (χ2n) is 6.33. The predicted molar refractivity (Wildman–Crippen MR) is 102 cm³/mol. The predicted octanol–water partition coefficient (Wildman–Crippen LogP) is 8.21. The third kappa shape index (κ3) is 21.5. The summed E-state index contributed by atoms with van der Waals surface area (Å²) >= 11 is -1.86. The van der Waals surface area contributed by atoms with Crippen LogP contribution in [-0.2, 0) is 0 Å². The van der Waals surface area contributed by atoms with Gasteiger partial charge >= 0.3 is 111 Å². The topological polar surface area (TPSA) is 0 Å². The van der Waals surface area contributed by atoms with Crippen LogP contribution in [0.3, 0.4) is 0 Å². The van der Waals surface area contributed by atoms with E-state index >= 15 is 0 Å². The van der Waals surface area contributed by atoms with Crippen molar-refractivity contribution in [2.75, 3.05) is 0 Å².